The van der Waals surface area contributed by atoms with Gasteiger partial charge in [-0.2, -0.15) is 0 Å². The maximum absolute atomic E-state index is 11.0. The highest BCUT2D eigenvalue weighted by Crippen LogP contribution is 2.38. The molecule has 1 aromatic heterocycles. The van der Waals surface area contributed by atoms with E-state index >= 15 is 0 Å². The van der Waals surface area contributed by atoms with E-state index in [-0.39, 0.29) is 5.92 Å². The highest BCUT2D eigenvalue weighted by molar-refractivity contribution is 5.33. The van der Waals surface area contributed by atoms with E-state index in [9.17, 15) is 5.11 Å². The maximum Gasteiger partial charge on any atom is 0.118 e. The number of nitrogens with zero attached hydrogens (tertiary/aromatic N) is 1. The summed E-state index contributed by atoms with van der Waals surface area (Å²) in [7, 11) is 1.63. The summed E-state index contributed by atoms with van der Waals surface area (Å²) in [5, 5.41) is 11.0. The van der Waals surface area contributed by atoms with Gasteiger partial charge in [0, 0.05) is 17.8 Å². The number of ether oxygens (including phenoxy) is 1. The fourth-order valence-corrected chi connectivity index (χ4v) is 2.61. The van der Waals surface area contributed by atoms with Crippen LogP contribution in [0.1, 0.15) is 37.4 Å². The second-order valence-electron chi connectivity index (χ2n) is 5.09. The van der Waals surface area contributed by atoms with Gasteiger partial charge in [-0.3, -0.25) is 4.98 Å². The van der Waals surface area contributed by atoms with Crippen LogP contribution in [0, 0.1) is 0 Å². The lowest BCUT2D eigenvalue weighted by atomic mass is 9.79. The van der Waals surface area contributed by atoms with E-state index in [1.54, 1.807) is 13.3 Å². The largest absolute Gasteiger partial charge is 0.497 e. The Morgan fingerprint density at radius 1 is 1.20 bits per heavy atom. The van der Waals surface area contributed by atoms with Crippen molar-refractivity contribution >= 4 is 0 Å². The van der Waals surface area contributed by atoms with Crippen LogP contribution in [0.3, 0.4) is 0 Å². The van der Waals surface area contributed by atoms with Crippen LogP contribution in [0.15, 0.2) is 48.7 Å². The average molecular weight is 271 g/mol. The van der Waals surface area contributed by atoms with Gasteiger partial charge in [-0.1, -0.05) is 25.1 Å². The Labute approximate surface area is 120 Å². The van der Waals surface area contributed by atoms with E-state index in [2.05, 4.69) is 11.9 Å². The lowest BCUT2D eigenvalue weighted by molar-refractivity contribution is 0.0235. The fourth-order valence-electron chi connectivity index (χ4n) is 2.61. The lowest BCUT2D eigenvalue weighted by Gasteiger charge is -2.32. The predicted molar refractivity (Wildman–Crippen MR) is 79.8 cm³/mol. The minimum atomic E-state index is -0.963. The molecular weight excluding hydrogens is 250 g/mol. The van der Waals surface area contributed by atoms with Crippen LogP contribution in [0.2, 0.25) is 0 Å². The zero-order valence-corrected chi connectivity index (χ0v) is 12.2. The van der Waals surface area contributed by atoms with E-state index in [0.29, 0.717) is 0 Å². The molecule has 2 atom stereocenters. The first-order valence-corrected chi connectivity index (χ1v) is 6.87. The molecule has 0 aliphatic carbocycles. The van der Waals surface area contributed by atoms with Gasteiger partial charge in [0.05, 0.1) is 12.7 Å². The van der Waals surface area contributed by atoms with E-state index in [0.717, 1.165) is 23.4 Å². The Bertz CT molecular complexity index is 535. The van der Waals surface area contributed by atoms with Crippen molar-refractivity contribution in [3.8, 4) is 5.75 Å². The Morgan fingerprint density at radius 3 is 2.40 bits per heavy atom. The molecule has 0 saturated heterocycles. The number of aliphatic hydroxyl groups is 1. The third-order valence-corrected chi connectivity index (χ3v) is 3.81. The molecule has 0 amide bonds. The van der Waals surface area contributed by atoms with Crippen LogP contribution in [0.25, 0.3) is 0 Å². The Morgan fingerprint density at radius 2 is 1.90 bits per heavy atom. The number of hydrogen-bond acceptors (Lipinski definition) is 3. The van der Waals surface area contributed by atoms with E-state index < -0.39 is 5.60 Å². The molecule has 0 aliphatic rings. The molecule has 0 aliphatic heterocycles. The molecule has 1 N–H and O–H groups in total. The Kier molecular flexibility index (Phi) is 4.40. The highest BCUT2D eigenvalue weighted by Gasteiger charge is 2.34. The summed E-state index contributed by atoms with van der Waals surface area (Å²) >= 11 is 0. The van der Waals surface area contributed by atoms with Gasteiger partial charge < -0.3 is 9.84 Å². The number of methoxy groups -OCH3 is 1. The smallest absolute Gasteiger partial charge is 0.118 e. The second kappa shape index (κ2) is 6.06. The molecule has 0 fully saturated rings. The van der Waals surface area contributed by atoms with Crippen molar-refractivity contribution in [2.24, 2.45) is 0 Å². The molecule has 2 aromatic rings. The van der Waals surface area contributed by atoms with Gasteiger partial charge >= 0.3 is 0 Å². The molecule has 1 heterocycles. The number of benzene rings is 1. The number of aromatic nitrogens is 1. The summed E-state index contributed by atoms with van der Waals surface area (Å²) in [5.74, 6) is 0.743. The van der Waals surface area contributed by atoms with Crippen molar-refractivity contribution in [1.82, 2.24) is 4.98 Å². The number of rotatable bonds is 5. The maximum atomic E-state index is 11.0. The molecule has 0 unspecified atom stereocenters. The monoisotopic (exact) mass is 271 g/mol. The summed E-state index contributed by atoms with van der Waals surface area (Å²) < 4.78 is 5.16. The van der Waals surface area contributed by atoms with Crippen molar-refractivity contribution in [3.05, 3.63) is 59.9 Å². The summed E-state index contributed by atoms with van der Waals surface area (Å²) in [6.45, 7) is 3.91. The molecule has 3 heteroatoms. The normalized spacial score (nSPS) is 15.4. The zero-order valence-electron chi connectivity index (χ0n) is 12.2. The number of hydrogen-bond donors (Lipinski definition) is 1. The quantitative estimate of drug-likeness (QED) is 0.905. The van der Waals surface area contributed by atoms with Gasteiger partial charge in [0.15, 0.2) is 0 Å². The van der Waals surface area contributed by atoms with Crippen LogP contribution in [0.4, 0.5) is 0 Å². The van der Waals surface area contributed by atoms with Gasteiger partial charge in [0.1, 0.15) is 5.75 Å². The summed E-state index contributed by atoms with van der Waals surface area (Å²) in [5.41, 5.74) is 0.821. The van der Waals surface area contributed by atoms with Gasteiger partial charge in [0.25, 0.3) is 0 Å². The van der Waals surface area contributed by atoms with E-state index in [1.807, 2.05) is 49.4 Å². The number of pyridine rings is 1. The third kappa shape index (κ3) is 2.83. The first-order chi connectivity index (χ1) is 9.59. The summed E-state index contributed by atoms with van der Waals surface area (Å²) in [6, 6.07) is 13.4. The molecule has 0 spiro atoms. The van der Waals surface area contributed by atoms with Gasteiger partial charge in [0.2, 0.25) is 0 Å². The molecule has 106 valence electrons. The average Bonchev–Trinajstić information content (AvgIpc) is 2.49. The molecule has 3 nitrogen and oxygen atoms in total. The standard InChI is InChI=1S/C17H21NO2/c1-4-15(16-7-5-6-12-18-16)17(2,19)13-8-10-14(20-3)11-9-13/h5-12,15,19H,4H2,1-3H3/t15-,17-/m1/s1. The molecule has 0 saturated carbocycles. The first-order valence-electron chi connectivity index (χ1n) is 6.87. The lowest BCUT2D eigenvalue weighted by Crippen LogP contribution is -2.30. The van der Waals surface area contributed by atoms with Crippen molar-refractivity contribution in [1.29, 1.82) is 0 Å². The summed E-state index contributed by atoms with van der Waals surface area (Å²) in [6.07, 6.45) is 2.58. The summed E-state index contributed by atoms with van der Waals surface area (Å²) in [4.78, 5) is 4.39. The van der Waals surface area contributed by atoms with Crippen molar-refractivity contribution < 1.29 is 9.84 Å². The fraction of sp³-hybridized carbons (Fsp3) is 0.353. The van der Waals surface area contributed by atoms with Gasteiger partial charge in [-0.25, -0.2) is 0 Å². The molecule has 0 bridgehead atoms. The highest BCUT2D eigenvalue weighted by atomic mass is 16.5. The van der Waals surface area contributed by atoms with Gasteiger partial charge in [-0.05, 0) is 43.2 Å². The first kappa shape index (κ1) is 14.5. The van der Waals surface area contributed by atoms with Crippen LogP contribution in [-0.4, -0.2) is 17.2 Å². The van der Waals surface area contributed by atoms with Crippen LogP contribution >= 0.6 is 0 Å². The molecule has 0 radical (unpaired) electrons. The topological polar surface area (TPSA) is 42.4 Å². The van der Waals surface area contributed by atoms with Crippen molar-refractivity contribution in [3.63, 3.8) is 0 Å². The van der Waals surface area contributed by atoms with Gasteiger partial charge in [-0.15, -0.1) is 0 Å². The molecule has 20 heavy (non-hydrogen) atoms. The third-order valence-electron chi connectivity index (χ3n) is 3.81. The van der Waals surface area contributed by atoms with E-state index in [1.165, 1.54) is 0 Å². The van der Waals surface area contributed by atoms with Crippen LogP contribution < -0.4 is 4.74 Å². The minimum absolute atomic E-state index is 0.0444. The minimum Gasteiger partial charge on any atom is -0.497 e. The van der Waals surface area contributed by atoms with Crippen molar-refractivity contribution in [2.45, 2.75) is 31.8 Å². The van der Waals surface area contributed by atoms with Crippen LogP contribution in [0.5, 0.6) is 5.75 Å². The molecule has 2 rings (SSSR count). The molecule has 1 aromatic carbocycles. The zero-order chi connectivity index (χ0) is 14.6. The van der Waals surface area contributed by atoms with E-state index in [4.69, 9.17) is 4.74 Å². The Balaban J connectivity index is 2.35. The predicted octanol–water partition coefficient (Wildman–Crippen LogP) is 3.49. The molecular formula is C17H21NO2. The van der Waals surface area contributed by atoms with Crippen LogP contribution in [-0.2, 0) is 5.60 Å². The second-order valence-corrected chi connectivity index (χ2v) is 5.09. The SMILES string of the molecule is CC[C@H](c1ccccn1)[C@](C)(O)c1ccc(OC)cc1. The van der Waals surface area contributed by atoms with Crippen molar-refractivity contribution in [2.75, 3.05) is 7.11 Å². The Hall–Kier alpha value is -1.87.